The summed E-state index contributed by atoms with van der Waals surface area (Å²) in [6.07, 6.45) is 1.27. The Balaban J connectivity index is 2.00. The van der Waals surface area contributed by atoms with Crippen LogP contribution in [-0.2, 0) is 26.0 Å². The van der Waals surface area contributed by atoms with Crippen molar-refractivity contribution in [3.63, 3.8) is 0 Å². The Morgan fingerprint density at radius 2 is 1.81 bits per heavy atom. The molecule has 2 rings (SSSR count). The third-order valence-electron chi connectivity index (χ3n) is 4.12. The predicted octanol–water partition coefficient (Wildman–Crippen LogP) is 1.09. The first kappa shape index (κ1) is 19.9. The molecule has 0 bridgehead atoms. The van der Waals surface area contributed by atoms with Gasteiger partial charge in [0.1, 0.15) is 0 Å². The lowest BCUT2D eigenvalue weighted by Gasteiger charge is -2.16. The maximum Gasteiger partial charge on any atom is 0.308 e. The van der Waals surface area contributed by atoms with Gasteiger partial charge >= 0.3 is 5.97 Å². The van der Waals surface area contributed by atoms with Crippen LogP contribution in [0.2, 0.25) is 0 Å². The molecular weight excluding hydrogens is 356 g/mol. The second kappa shape index (κ2) is 8.29. The van der Waals surface area contributed by atoms with Crippen molar-refractivity contribution in [1.29, 1.82) is 0 Å². The molecule has 1 amide bonds. The van der Waals surface area contributed by atoms with Crippen molar-refractivity contribution in [2.24, 2.45) is 5.92 Å². The average molecular weight is 378 g/mol. The molecule has 140 valence electrons. The number of hydrogen-bond acceptors (Lipinski definition) is 4. The molecule has 0 fully saturated rings. The van der Waals surface area contributed by atoms with Crippen LogP contribution >= 0.6 is 0 Å². The van der Waals surface area contributed by atoms with E-state index in [0.717, 1.165) is 26.9 Å². The molecule has 0 saturated heterocycles. The van der Waals surface area contributed by atoms with E-state index in [1.165, 1.54) is 7.05 Å². The Hall–Kier alpha value is -2.45. The van der Waals surface area contributed by atoms with E-state index in [9.17, 15) is 23.1 Å². The molecule has 2 N–H and O–H groups in total. The van der Waals surface area contributed by atoms with Crippen molar-refractivity contribution in [2.45, 2.75) is 6.42 Å². The Bertz CT molecular complexity index is 911. The van der Waals surface area contributed by atoms with Gasteiger partial charge < -0.3 is 10.4 Å². The number of carboxylic acids is 1. The van der Waals surface area contributed by atoms with Crippen LogP contribution in [0, 0.1) is 5.92 Å². The van der Waals surface area contributed by atoms with E-state index in [1.54, 1.807) is 0 Å². The average Bonchev–Trinajstić information content (AvgIpc) is 2.57. The maximum absolute atomic E-state index is 11.8. The lowest BCUT2D eigenvalue weighted by molar-refractivity contribution is -0.141. The van der Waals surface area contributed by atoms with Crippen LogP contribution in [0.15, 0.2) is 42.5 Å². The van der Waals surface area contributed by atoms with E-state index in [-0.39, 0.29) is 19.5 Å². The summed E-state index contributed by atoms with van der Waals surface area (Å²) in [7, 11) is -2.18. The predicted molar refractivity (Wildman–Crippen MR) is 99.3 cm³/mol. The summed E-state index contributed by atoms with van der Waals surface area (Å²) in [5.41, 5.74) is 0.860. The van der Waals surface area contributed by atoms with Crippen molar-refractivity contribution in [3.05, 3.63) is 48.0 Å². The zero-order valence-electron chi connectivity index (χ0n) is 14.7. The molecule has 0 radical (unpaired) electrons. The molecule has 7 nitrogen and oxygen atoms in total. The molecule has 2 aromatic rings. The molecule has 26 heavy (non-hydrogen) atoms. The van der Waals surface area contributed by atoms with E-state index >= 15 is 0 Å². The van der Waals surface area contributed by atoms with Gasteiger partial charge in [-0.3, -0.25) is 9.59 Å². The van der Waals surface area contributed by atoms with Crippen molar-refractivity contribution >= 4 is 32.7 Å². The number of sulfonamides is 1. The van der Waals surface area contributed by atoms with E-state index in [1.807, 2.05) is 42.5 Å². The smallest absolute Gasteiger partial charge is 0.308 e. The summed E-state index contributed by atoms with van der Waals surface area (Å²) >= 11 is 0. The number of amides is 1. The first-order valence-electron chi connectivity index (χ1n) is 8.05. The molecule has 0 aliphatic carbocycles. The van der Waals surface area contributed by atoms with Gasteiger partial charge in [0.15, 0.2) is 0 Å². The van der Waals surface area contributed by atoms with Gasteiger partial charge in [-0.15, -0.1) is 0 Å². The highest BCUT2D eigenvalue weighted by atomic mass is 32.2. The Kier molecular flexibility index (Phi) is 6.33. The number of rotatable bonds is 8. The number of fused-ring (bicyclic) bond motifs is 1. The van der Waals surface area contributed by atoms with Crippen LogP contribution in [0.4, 0.5) is 0 Å². The minimum absolute atomic E-state index is 0.0708. The summed E-state index contributed by atoms with van der Waals surface area (Å²) in [5.74, 6) is -2.36. The maximum atomic E-state index is 11.8. The fraction of sp³-hybridized carbons (Fsp3) is 0.333. The van der Waals surface area contributed by atoms with Crippen LogP contribution < -0.4 is 5.32 Å². The third kappa shape index (κ3) is 5.53. The molecule has 0 heterocycles. The van der Waals surface area contributed by atoms with E-state index in [0.29, 0.717) is 0 Å². The van der Waals surface area contributed by atoms with E-state index in [4.69, 9.17) is 0 Å². The number of hydrogen-bond donors (Lipinski definition) is 2. The normalized spacial score (nSPS) is 12.9. The molecule has 2 aromatic carbocycles. The number of carboxylic acid groups (broad SMARTS) is 1. The second-order valence-electron chi connectivity index (χ2n) is 6.24. The summed E-state index contributed by atoms with van der Waals surface area (Å²) in [6.45, 7) is -0.417. The van der Waals surface area contributed by atoms with Crippen molar-refractivity contribution in [3.8, 4) is 0 Å². The molecular formula is C18H22N2O5S. The molecule has 1 atom stereocenters. The minimum Gasteiger partial charge on any atom is -0.481 e. The van der Waals surface area contributed by atoms with Gasteiger partial charge in [-0.05, 0) is 22.8 Å². The fourth-order valence-corrected chi connectivity index (χ4v) is 2.86. The Labute approximate surface area is 152 Å². The van der Waals surface area contributed by atoms with Crippen molar-refractivity contribution in [2.75, 3.05) is 26.4 Å². The largest absolute Gasteiger partial charge is 0.481 e. The monoisotopic (exact) mass is 378 g/mol. The molecule has 0 spiro atoms. The number of carbonyl (C=O) groups is 2. The van der Waals surface area contributed by atoms with Gasteiger partial charge in [0.25, 0.3) is 0 Å². The van der Waals surface area contributed by atoms with Crippen LogP contribution in [0.1, 0.15) is 5.56 Å². The molecule has 8 heteroatoms. The fourth-order valence-electron chi connectivity index (χ4n) is 2.51. The number of likely N-dealkylation sites (N-methyl/N-ethyl adjacent to an activating group) is 1. The second-order valence-corrected chi connectivity index (χ2v) is 8.33. The zero-order valence-corrected chi connectivity index (χ0v) is 15.5. The lowest BCUT2D eigenvalue weighted by Crippen LogP contribution is -2.41. The highest BCUT2D eigenvalue weighted by Crippen LogP contribution is 2.18. The summed E-state index contributed by atoms with van der Waals surface area (Å²) in [6, 6.07) is 13.5. The number of carbonyl (C=O) groups excluding carboxylic acids is 1. The van der Waals surface area contributed by atoms with E-state index in [2.05, 4.69) is 5.32 Å². The number of aliphatic carboxylic acids is 1. The number of benzene rings is 2. The van der Waals surface area contributed by atoms with Crippen LogP contribution in [0.3, 0.4) is 0 Å². The van der Waals surface area contributed by atoms with Gasteiger partial charge in [0.2, 0.25) is 15.9 Å². The minimum atomic E-state index is -3.47. The Morgan fingerprint density at radius 3 is 2.42 bits per heavy atom. The molecule has 0 aliphatic rings. The van der Waals surface area contributed by atoms with Gasteiger partial charge in [-0.2, -0.15) is 4.31 Å². The topological polar surface area (TPSA) is 104 Å². The third-order valence-corrected chi connectivity index (χ3v) is 5.38. The molecule has 0 saturated carbocycles. The van der Waals surface area contributed by atoms with Crippen LogP contribution in [-0.4, -0.2) is 56.1 Å². The van der Waals surface area contributed by atoms with Crippen LogP contribution in [0.25, 0.3) is 10.8 Å². The van der Waals surface area contributed by atoms with Crippen molar-refractivity contribution in [1.82, 2.24) is 9.62 Å². The number of nitrogens with one attached hydrogen (secondary N) is 1. The molecule has 1 unspecified atom stereocenters. The zero-order chi connectivity index (χ0) is 19.3. The summed E-state index contributed by atoms with van der Waals surface area (Å²) in [5, 5.41) is 14.0. The first-order valence-corrected chi connectivity index (χ1v) is 9.90. The van der Waals surface area contributed by atoms with E-state index < -0.39 is 27.8 Å². The van der Waals surface area contributed by atoms with Crippen molar-refractivity contribution < 1.29 is 23.1 Å². The quantitative estimate of drug-likeness (QED) is 0.716. The highest BCUT2D eigenvalue weighted by Gasteiger charge is 2.21. The standard InChI is InChI=1S/C18H22N2O5S/c1-20(26(2,24)25)12-17(21)19-11-16(18(22)23)10-13-7-8-14-5-3-4-6-15(14)9-13/h3-9,16H,10-12H2,1-2H3,(H,19,21)(H,22,23). The van der Waals surface area contributed by atoms with Gasteiger partial charge in [0, 0.05) is 13.6 Å². The van der Waals surface area contributed by atoms with Gasteiger partial charge in [-0.1, -0.05) is 42.5 Å². The lowest BCUT2D eigenvalue weighted by atomic mass is 9.97. The van der Waals surface area contributed by atoms with Gasteiger partial charge in [0.05, 0.1) is 18.7 Å². The summed E-state index contributed by atoms with van der Waals surface area (Å²) < 4.78 is 23.5. The highest BCUT2D eigenvalue weighted by molar-refractivity contribution is 7.88. The van der Waals surface area contributed by atoms with Crippen LogP contribution in [0.5, 0.6) is 0 Å². The Morgan fingerprint density at radius 1 is 1.15 bits per heavy atom. The first-order chi connectivity index (χ1) is 12.2. The molecule has 0 aromatic heterocycles. The van der Waals surface area contributed by atoms with Gasteiger partial charge in [-0.25, -0.2) is 8.42 Å². The number of nitrogens with zero attached hydrogens (tertiary/aromatic N) is 1. The summed E-state index contributed by atoms with van der Waals surface area (Å²) in [4.78, 5) is 23.3. The molecule has 0 aliphatic heterocycles. The SMILES string of the molecule is CN(CC(=O)NCC(Cc1ccc2ccccc2c1)C(=O)O)S(C)(=O)=O.